The van der Waals surface area contributed by atoms with Gasteiger partial charge < -0.3 is 10.1 Å². The highest BCUT2D eigenvalue weighted by Gasteiger charge is 2.39. The molecule has 1 aromatic rings. The molecule has 25 heavy (non-hydrogen) atoms. The van der Waals surface area contributed by atoms with E-state index in [1.807, 2.05) is 26.2 Å². The highest BCUT2D eigenvalue weighted by molar-refractivity contribution is 7.93. The van der Waals surface area contributed by atoms with Gasteiger partial charge in [0.1, 0.15) is 5.60 Å². The van der Waals surface area contributed by atoms with Crippen LogP contribution in [0.25, 0.3) is 0 Å². The summed E-state index contributed by atoms with van der Waals surface area (Å²) in [6, 6.07) is 0. The zero-order valence-corrected chi connectivity index (χ0v) is 16.9. The lowest BCUT2D eigenvalue weighted by Crippen LogP contribution is -2.33. The van der Waals surface area contributed by atoms with Crippen LogP contribution in [0.2, 0.25) is 0 Å². The molecule has 1 heterocycles. The highest BCUT2D eigenvalue weighted by atomic mass is 32.2. The number of hydrogen-bond acceptors (Lipinski definition) is 6. The Balaban J connectivity index is 1.70. The number of rotatable bonds is 8. The zero-order valence-electron chi connectivity index (χ0n) is 15.2. The Morgan fingerprint density at radius 2 is 2.08 bits per heavy atom. The third-order valence-electron chi connectivity index (χ3n) is 3.66. The molecule has 1 aliphatic carbocycles. The van der Waals surface area contributed by atoms with E-state index in [0.717, 1.165) is 37.8 Å². The van der Waals surface area contributed by atoms with Crippen molar-refractivity contribution >= 4 is 32.6 Å². The van der Waals surface area contributed by atoms with E-state index < -0.39 is 21.7 Å². The first-order valence-corrected chi connectivity index (χ1v) is 10.9. The molecule has 142 valence electrons. The SMILES string of the molecule is CN(c1nc(CCCCNC(=O)OC(C)(C)C)cs1)S(=O)(=O)C1CC1. The molecule has 0 spiro atoms. The Morgan fingerprint density at radius 3 is 2.68 bits per heavy atom. The maximum absolute atomic E-state index is 12.2. The summed E-state index contributed by atoms with van der Waals surface area (Å²) in [7, 11) is -1.67. The second-order valence-electron chi connectivity index (χ2n) is 7.22. The molecule has 1 saturated carbocycles. The van der Waals surface area contributed by atoms with Crippen LogP contribution in [-0.2, 0) is 21.2 Å². The number of thiazole rings is 1. The van der Waals surface area contributed by atoms with Crippen molar-refractivity contribution < 1.29 is 17.9 Å². The van der Waals surface area contributed by atoms with E-state index in [1.165, 1.54) is 15.6 Å². The minimum absolute atomic E-state index is 0.233. The fraction of sp³-hybridized carbons (Fsp3) is 0.750. The van der Waals surface area contributed by atoms with Crippen molar-refractivity contribution in [1.29, 1.82) is 0 Å². The molecule has 1 N–H and O–H groups in total. The standard InChI is InChI=1S/C16H27N3O4S2/c1-16(2,3)23-15(20)17-10-6-5-7-12-11-24-14(18-12)19(4)25(21,22)13-8-9-13/h11,13H,5-10H2,1-4H3,(H,17,20). The number of aryl methyl sites for hydroxylation is 1. The van der Waals surface area contributed by atoms with Crippen LogP contribution in [-0.4, -0.2) is 43.9 Å². The van der Waals surface area contributed by atoms with Gasteiger partial charge in [-0.3, -0.25) is 0 Å². The molecule has 0 aliphatic heterocycles. The van der Waals surface area contributed by atoms with E-state index in [1.54, 1.807) is 7.05 Å². The molecule has 2 rings (SSSR count). The van der Waals surface area contributed by atoms with Gasteiger partial charge in [-0.2, -0.15) is 0 Å². The number of carbonyl (C=O) groups excluding carboxylic acids is 1. The molecule has 1 fully saturated rings. The van der Waals surface area contributed by atoms with Crippen molar-refractivity contribution in [3.8, 4) is 0 Å². The maximum atomic E-state index is 12.2. The molecule has 1 aromatic heterocycles. The summed E-state index contributed by atoms with van der Waals surface area (Å²) in [6.07, 6.45) is 3.50. The second kappa shape index (κ2) is 7.90. The van der Waals surface area contributed by atoms with E-state index in [4.69, 9.17) is 4.74 Å². The van der Waals surface area contributed by atoms with E-state index in [-0.39, 0.29) is 5.25 Å². The largest absolute Gasteiger partial charge is 0.444 e. The number of amides is 1. The van der Waals surface area contributed by atoms with Crippen LogP contribution in [0.1, 0.15) is 52.1 Å². The lowest BCUT2D eigenvalue weighted by Gasteiger charge is -2.19. The summed E-state index contributed by atoms with van der Waals surface area (Å²) in [5.41, 5.74) is 0.392. The van der Waals surface area contributed by atoms with Gasteiger partial charge in [0, 0.05) is 19.0 Å². The van der Waals surface area contributed by atoms with Gasteiger partial charge in [-0.25, -0.2) is 22.5 Å². The van der Waals surface area contributed by atoms with Crippen LogP contribution < -0.4 is 9.62 Å². The van der Waals surface area contributed by atoms with E-state index in [9.17, 15) is 13.2 Å². The Morgan fingerprint density at radius 1 is 1.40 bits per heavy atom. The number of nitrogens with zero attached hydrogens (tertiary/aromatic N) is 2. The van der Waals surface area contributed by atoms with Gasteiger partial charge in [-0.05, 0) is 52.9 Å². The summed E-state index contributed by atoms with van der Waals surface area (Å²) < 4.78 is 30.9. The van der Waals surface area contributed by atoms with E-state index in [2.05, 4.69) is 10.3 Å². The van der Waals surface area contributed by atoms with Crippen molar-refractivity contribution in [3.63, 3.8) is 0 Å². The predicted molar refractivity (Wildman–Crippen MR) is 99.6 cm³/mol. The van der Waals surface area contributed by atoms with Crippen LogP contribution >= 0.6 is 11.3 Å². The minimum atomic E-state index is -3.24. The number of anilines is 1. The Bertz CT molecular complexity index is 690. The van der Waals surface area contributed by atoms with Crippen molar-refractivity contribution in [2.45, 2.75) is 63.7 Å². The summed E-state index contributed by atoms with van der Waals surface area (Å²) >= 11 is 1.35. The fourth-order valence-electron chi connectivity index (χ4n) is 2.19. The highest BCUT2D eigenvalue weighted by Crippen LogP contribution is 2.33. The molecular formula is C16H27N3O4S2. The van der Waals surface area contributed by atoms with Crippen LogP contribution in [0.3, 0.4) is 0 Å². The summed E-state index contributed by atoms with van der Waals surface area (Å²) in [6.45, 7) is 6.02. The van der Waals surface area contributed by atoms with Gasteiger partial charge in [-0.15, -0.1) is 11.3 Å². The Kier molecular flexibility index (Phi) is 6.31. The van der Waals surface area contributed by atoms with Gasteiger partial charge in [0.05, 0.1) is 10.9 Å². The van der Waals surface area contributed by atoms with Crippen LogP contribution in [0.5, 0.6) is 0 Å². The quantitative estimate of drug-likeness (QED) is 0.691. The number of aromatic nitrogens is 1. The average molecular weight is 390 g/mol. The lowest BCUT2D eigenvalue weighted by atomic mass is 10.2. The van der Waals surface area contributed by atoms with Crippen LogP contribution in [0.15, 0.2) is 5.38 Å². The van der Waals surface area contributed by atoms with Gasteiger partial charge in [0.15, 0.2) is 5.13 Å². The Hall–Kier alpha value is -1.35. The molecule has 0 bridgehead atoms. The van der Waals surface area contributed by atoms with E-state index in [0.29, 0.717) is 11.7 Å². The van der Waals surface area contributed by atoms with Crippen LogP contribution in [0, 0.1) is 0 Å². The molecule has 1 aliphatic rings. The number of carbonyl (C=O) groups is 1. The van der Waals surface area contributed by atoms with Crippen molar-refractivity contribution in [2.75, 3.05) is 17.9 Å². The molecule has 1 amide bonds. The van der Waals surface area contributed by atoms with E-state index >= 15 is 0 Å². The van der Waals surface area contributed by atoms with Gasteiger partial charge in [0.2, 0.25) is 10.0 Å². The molecule has 0 radical (unpaired) electrons. The topological polar surface area (TPSA) is 88.6 Å². The lowest BCUT2D eigenvalue weighted by molar-refractivity contribution is 0.0527. The predicted octanol–water partition coefficient (Wildman–Crippen LogP) is 2.92. The second-order valence-corrected chi connectivity index (χ2v) is 10.3. The molecule has 0 atom stereocenters. The van der Waals surface area contributed by atoms with Crippen LogP contribution in [0.4, 0.5) is 9.93 Å². The summed E-state index contributed by atoms with van der Waals surface area (Å²) in [4.78, 5) is 15.9. The zero-order chi connectivity index (χ0) is 18.7. The third-order valence-corrected chi connectivity index (χ3v) is 7.00. The summed E-state index contributed by atoms with van der Waals surface area (Å²) in [5.74, 6) is 0. The Labute approximate surface area is 153 Å². The molecule has 0 saturated heterocycles. The first-order chi connectivity index (χ1) is 11.6. The number of nitrogens with one attached hydrogen (secondary N) is 1. The third kappa shape index (κ3) is 6.14. The average Bonchev–Trinajstić information content (AvgIpc) is 3.25. The number of hydrogen-bond donors (Lipinski definition) is 1. The molecular weight excluding hydrogens is 362 g/mol. The number of ether oxygens (including phenoxy) is 1. The summed E-state index contributed by atoms with van der Waals surface area (Å²) in [5, 5.41) is 4.91. The van der Waals surface area contributed by atoms with Crippen molar-refractivity contribution in [2.24, 2.45) is 0 Å². The fourth-order valence-corrected chi connectivity index (χ4v) is 4.80. The molecule has 0 unspecified atom stereocenters. The minimum Gasteiger partial charge on any atom is -0.444 e. The van der Waals surface area contributed by atoms with Crippen molar-refractivity contribution in [1.82, 2.24) is 10.3 Å². The first kappa shape index (κ1) is 20.0. The van der Waals surface area contributed by atoms with Gasteiger partial charge >= 0.3 is 6.09 Å². The van der Waals surface area contributed by atoms with Crippen molar-refractivity contribution in [3.05, 3.63) is 11.1 Å². The monoisotopic (exact) mass is 389 g/mol. The first-order valence-electron chi connectivity index (χ1n) is 8.48. The number of sulfonamides is 1. The smallest absolute Gasteiger partial charge is 0.407 e. The number of unbranched alkanes of at least 4 members (excludes halogenated alkanes) is 1. The number of alkyl carbamates (subject to hydrolysis) is 1. The molecule has 0 aromatic carbocycles. The maximum Gasteiger partial charge on any atom is 0.407 e. The van der Waals surface area contributed by atoms with Gasteiger partial charge in [0.25, 0.3) is 0 Å². The normalized spacial score (nSPS) is 15.0. The molecule has 9 heteroatoms. The van der Waals surface area contributed by atoms with Gasteiger partial charge in [-0.1, -0.05) is 0 Å². The molecule has 7 nitrogen and oxygen atoms in total.